The number of aromatic nitrogens is 3. The summed E-state index contributed by atoms with van der Waals surface area (Å²) in [5.74, 6) is -0.760. The van der Waals surface area contributed by atoms with Crippen LogP contribution in [0.4, 0.5) is 5.69 Å². The average molecular weight is 356 g/mol. The minimum Gasteiger partial charge on any atom is -0.616 e. The first-order valence-corrected chi connectivity index (χ1v) is 8.22. The third-order valence-corrected chi connectivity index (χ3v) is 3.98. The number of rotatable bonds is 5. The molecule has 0 aliphatic heterocycles. The number of carbonyl (C=O) groups is 1. The van der Waals surface area contributed by atoms with Gasteiger partial charge in [-0.3, -0.25) is 9.59 Å². The monoisotopic (exact) mass is 356 g/mol. The highest BCUT2D eigenvalue weighted by Gasteiger charge is 2.27. The van der Waals surface area contributed by atoms with E-state index in [2.05, 4.69) is 15.3 Å². The molecule has 0 spiro atoms. The maximum absolute atomic E-state index is 12.6. The Morgan fingerprint density at radius 3 is 2.81 bits per heavy atom. The summed E-state index contributed by atoms with van der Waals surface area (Å²) in [5, 5.41) is 16.1. The molecular formula is C18H20N4O4. The summed E-state index contributed by atoms with van der Waals surface area (Å²) < 4.78 is 5.48. The van der Waals surface area contributed by atoms with Crippen LogP contribution in [0, 0.1) is 11.1 Å². The number of hydrogen-bond acceptors (Lipinski definition) is 4. The molecule has 0 unspecified atom stereocenters. The lowest BCUT2D eigenvalue weighted by atomic mass is 10.1. The number of aromatic amines is 2. The van der Waals surface area contributed by atoms with Gasteiger partial charge in [-0.1, -0.05) is 13.8 Å². The molecule has 0 atom stereocenters. The molecule has 136 valence electrons. The van der Waals surface area contributed by atoms with Crippen LogP contribution in [0.1, 0.15) is 30.0 Å². The summed E-state index contributed by atoms with van der Waals surface area (Å²) in [6, 6.07) is 7.20. The van der Waals surface area contributed by atoms with Gasteiger partial charge in [0.15, 0.2) is 0 Å². The molecule has 3 rings (SSSR count). The molecule has 3 N–H and O–H groups in total. The molecule has 26 heavy (non-hydrogen) atoms. The number of benzene rings is 1. The maximum Gasteiger partial charge on any atom is 0.409 e. The second-order valence-electron chi connectivity index (χ2n) is 6.41. The van der Waals surface area contributed by atoms with Gasteiger partial charge in [-0.2, -0.15) is 0 Å². The molecule has 0 saturated heterocycles. The van der Waals surface area contributed by atoms with Crippen LogP contribution in [0.25, 0.3) is 10.9 Å². The number of anilines is 1. The van der Waals surface area contributed by atoms with E-state index in [4.69, 9.17) is 4.74 Å². The largest absolute Gasteiger partial charge is 0.616 e. The SMILES string of the molecule is COc1c(C(=O)Nc2ccc3[nH]ccc3c2)[nH]c(=O)c(CC(C)C)[n+]1[O-]. The van der Waals surface area contributed by atoms with Crippen LogP contribution in [-0.2, 0) is 6.42 Å². The van der Waals surface area contributed by atoms with Crippen molar-refractivity contribution in [2.45, 2.75) is 20.3 Å². The summed E-state index contributed by atoms with van der Waals surface area (Å²) in [6.45, 7) is 3.79. The molecule has 1 aromatic carbocycles. The van der Waals surface area contributed by atoms with Gasteiger partial charge in [0, 0.05) is 29.2 Å². The third kappa shape index (κ3) is 3.26. The van der Waals surface area contributed by atoms with Crippen LogP contribution in [-0.4, -0.2) is 23.0 Å². The van der Waals surface area contributed by atoms with Crippen molar-refractivity contribution in [1.82, 2.24) is 9.97 Å². The number of amides is 1. The molecule has 0 saturated carbocycles. The van der Waals surface area contributed by atoms with Crippen molar-refractivity contribution in [3.8, 4) is 5.88 Å². The van der Waals surface area contributed by atoms with E-state index in [1.165, 1.54) is 7.11 Å². The standard InChI is InChI=1S/C18H20N4O4/c1-10(2)8-14-16(23)21-15(18(26-3)22(14)25)17(24)20-12-4-5-13-11(9-12)6-7-19-13/h4-7,9-10,19H,8H2,1-3H3,(H,20,24)(H,21,23). The Bertz CT molecular complexity index is 1020. The molecule has 8 heteroatoms. The van der Waals surface area contributed by atoms with Gasteiger partial charge >= 0.3 is 11.4 Å². The lowest BCUT2D eigenvalue weighted by Crippen LogP contribution is -2.44. The molecule has 0 radical (unpaired) electrons. The highest BCUT2D eigenvalue weighted by atomic mass is 16.5. The van der Waals surface area contributed by atoms with E-state index in [1.807, 2.05) is 26.0 Å². The van der Waals surface area contributed by atoms with Crippen molar-refractivity contribution in [3.05, 3.63) is 57.4 Å². The second kappa shape index (κ2) is 6.91. The number of nitrogens with zero attached hydrogens (tertiary/aromatic N) is 1. The van der Waals surface area contributed by atoms with E-state index in [1.54, 1.807) is 18.3 Å². The predicted molar refractivity (Wildman–Crippen MR) is 97.4 cm³/mol. The molecule has 0 bridgehead atoms. The first-order valence-electron chi connectivity index (χ1n) is 8.22. The Hall–Kier alpha value is -3.29. The Morgan fingerprint density at radius 1 is 1.35 bits per heavy atom. The molecule has 8 nitrogen and oxygen atoms in total. The molecule has 1 amide bonds. The molecule has 0 fully saturated rings. The molecule has 0 aliphatic rings. The number of hydrogen-bond donors (Lipinski definition) is 3. The first kappa shape index (κ1) is 17.5. The third-order valence-electron chi connectivity index (χ3n) is 3.98. The Balaban J connectivity index is 1.96. The van der Waals surface area contributed by atoms with Gasteiger partial charge in [-0.25, -0.2) is 0 Å². The van der Waals surface area contributed by atoms with Crippen LogP contribution < -0.4 is 20.3 Å². The summed E-state index contributed by atoms with van der Waals surface area (Å²) in [4.78, 5) is 30.4. The lowest BCUT2D eigenvalue weighted by Gasteiger charge is -2.12. The Morgan fingerprint density at radius 2 is 2.12 bits per heavy atom. The van der Waals surface area contributed by atoms with E-state index in [-0.39, 0.29) is 29.6 Å². The van der Waals surface area contributed by atoms with Crippen LogP contribution in [0.2, 0.25) is 0 Å². The summed E-state index contributed by atoms with van der Waals surface area (Å²) in [6.07, 6.45) is 2.08. The maximum atomic E-state index is 12.6. The zero-order chi connectivity index (χ0) is 18.8. The van der Waals surface area contributed by atoms with Crippen LogP contribution in [0.3, 0.4) is 0 Å². The number of fused-ring (bicyclic) bond motifs is 1. The second-order valence-corrected chi connectivity index (χ2v) is 6.41. The molecule has 2 heterocycles. The minimum atomic E-state index is -0.630. The number of carbonyl (C=O) groups excluding carboxylic acids is 1. The van der Waals surface area contributed by atoms with Gasteiger partial charge in [0.25, 0.3) is 11.6 Å². The number of nitrogens with one attached hydrogen (secondary N) is 3. The average Bonchev–Trinajstić information content (AvgIpc) is 3.05. The Labute approximate surface area is 149 Å². The molecular weight excluding hydrogens is 336 g/mol. The zero-order valence-electron chi connectivity index (χ0n) is 14.8. The van der Waals surface area contributed by atoms with Crippen molar-refractivity contribution in [1.29, 1.82) is 0 Å². The number of methoxy groups -OCH3 is 1. The summed E-state index contributed by atoms with van der Waals surface area (Å²) in [5.41, 5.74) is 0.676. The first-order chi connectivity index (χ1) is 12.4. The smallest absolute Gasteiger partial charge is 0.409 e. The van der Waals surface area contributed by atoms with Crippen molar-refractivity contribution in [2.75, 3.05) is 12.4 Å². The minimum absolute atomic E-state index is 0.0159. The van der Waals surface area contributed by atoms with E-state index < -0.39 is 11.5 Å². The van der Waals surface area contributed by atoms with Crippen molar-refractivity contribution < 1.29 is 14.3 Å². The van der Waals surface area contributed by atoms with Crippen molar-refractivity contribution in [2.24, 2.45) is 5.92 Å². The van der Waals surface area contributed by atoms with E-state index in [0.717, 1.165) is 10.9 Å². The van der Waals surface area contributed by atoms with Gasteiger partial charge in [0.05, 0.1) is 7.11 Å². The summed E-state index contributed by atoms with van der Waals surface area (Å²) in [7, 11) is 1.28. The van der Waals surface area contributed by atoms with Crippen LogP contribution >= 0.6 is 0 Å². The van der Waals surface area contributed by atoms with Gasteiger partial charge in [-0.05, 0) is 30.2 Å². The van der Waals surface area contributed by atoms with Crippen LogP contribution in [0.15, 0.2) is 35.3 Å². The summed E-state index contributed by atoms with van der Waals surface area (Å²) >= 11 is 0. The van der Waals surface area contributed by atoms with Gasteiger partial charge in [0.1, 0.15) is 0 Å². The number of ether oxygens (including phenoxy) is 1. The van der Waals surface area contributed by atoms with E-state index >= 15 is 0 Å². The van der Waals surface area contributed by atoms with Crippen molar-refractivity contribution in [3.63, 3.8) is 0 Å². The fourth-order valence-electron chi connectivity index (χ4n) is 2.78. The molecule has 2 aromatic heterocycles. The topological polar surface area (TPSA) is 114 Å². The number of H-pyrrole nitrogens is 2. The lowest BCUT2D eigenvalue weighted by molar-refractivity contribution is -0.622. The quantitative estimate of drug-likeness (QED) is 0.479. The predicted octanol–water partition coefficient (Wildman–Crippen LogP) is 1.95. The van der Waals surface area contributed by atoms with Gasteiger partial charge in [0.2, 0.25) is 5.69 Å². The molecule has 0 aliphatic carbocycles. The fraction of sp³-hybridized carbons (Fsp3) is 0.278. The fourth-order valence-corrected chi connectivity index (χ4v) is 2.78. The normalized spacial score (nSPS) is 11.1. The van der Waals surface area contributed by atoms with Crippen LogP contribution in [0.5, 0.6) is 5.88 Å². The van der Waals surface area contributed by atoms with Crippen molar-refractivity contribution >= 4 is 22.5 Å². The zero-order valence-corrected chi connectivity index (χ0v) is 14.8. The highest BCUT2D eigenvalue weighted by molar-refractivity contribution is 6.05. The van der Waals surface area contributed by atoms with E-state index in [9.17, 15) is 14.8 Å². The highest BCUT2D eigenvalue weighted by Crippen LogP contribution is 2.19. The van der Waals surface area contributed by atoms with E-state index in [0.29, 0.717) is 10.4 Å². The van der Waals surface area contributed by atoms with Gasteiger partial charge < -0.3 is 25.2 Å². The van der Waals surface area contributed by atoms with Gasteiger partial charge in [-0.15, -0.1) is 4.73 Å². The Kier molecular flexibility index (Phi) is 4.66. The molecule has 3 aromatic rings.